The monoisotopic (exact) mass is 471 g/mol. The maximum Gasteiger partial charge on any atom is 0.416 e. The average molecular weight is 472 g/mol. The Morgan fingerprint density at radius 1 is 1.03 bits per heavy atom. The zero-order valence-corrected chi connectivity index (χ0v) is 17.5. The molecular formula is C20H14ClF3NO5P. The van der Waals surface area contributed by atoms with Gasteiger partial charge in [0, 0.05) is 12.1 Å². The zero-order chi connectivity index (χ0) is 22.8. The Morgan fingerprint density at radius 3 is 2.29 bits per heavy atom. The molecule has 1 unspecified atom stereocenters. The highest BCUT2D eigenvalue weighted by Crippen LogP contribution is 2.39. The Labute approximate surface area is 180 Å². The van der Waals surface area contributed by atoms with Gasteiger partial charge in [-0.2, -0.15) is 13.2 Å². The standard InChI is InChI=1S/C20H14ClF3NO5P/c1-12-9-16(25(26)27)19(31(28)30-14-5-3-2-4-6-14)11-18(12)29-17-8-7-13(10-15(17)21)20(22,23)24/h2-11,31H,1H3. The molecule has 6 nitrogen and oxygen atoms in total. The smallest absolute Gasteiger partial charge is 0.416 e. The molecule has 3 aromatic carbocycles. The predicted molar refractivity (Wildman–Crippen MR) is 110 cm³/mol. The summed E-state index contributed by atoms with van der Waals surface area (Å²) in [5.74, 6) is 0.202. The molecule has 0 aromatic heterocycles. The Balaban J connectivity index is 1.97. The van der Waals surface area contributed by atoms with Crippen molar-refractivity contribution < 1.29 is 31.9 Å². The number of ether oxygens (including phenoxy) is 1. The second kappa shape index (κ2) is 8.99. The van der Waals surface area contributed by atoms with Crippen molar-refractivity contribution in [3.05, 3.63) is 86.9 Å². The number of nitrogens with zero attached hydrogens (tertiary/aromatic N) is 1. The minimum atomic E-state index is -4.58. The molecule has 0 spiro atoms. The van der Waals surface area contributed by atoms with E-state index in [4.69, 9.17) is 20.9 Å². The van der Waals surface area contributed by atoms with E-state index in [1.807, 2.05) is 0 Å². The summed E-state index contributed by atoms with van der Waals surface area (Å²) in [5.41, 5.74) is -1.09. The Hall–Kier alpha value is -3.03. The van der Waals surface area contributed by atoms with E-state index in [9.17, 15) is 27.9 Å². The van der Waals surface area contributed by atoms with Crippen molar-refractivity contribution in [3.63, 3.8) is 0 Å². The molecule has 0 saturated heterocycles. The Bertz CT molecular complexity index is 1160. The summed E-state index contributed by atoms with van der Waals surface area (Å²) in [6.45, 7) is 1.50. The second-order valence-electron chi connectivity index (χ2n) is 6.34. The first-order chi connectivity index (χ1) is 14.6. The minimum absolute atomic E-state index is 0.0391. The van der Waals surface area contributed by atoms with E-state index >= 15 is 0 Å². The van der Waals surface area contributed by atoms with Crippen LogP contribution >= 0.6 is 19.6 Å². The molecule has 0 fully saturated rings. The molecule has 0 aliphatic carbocycles. The number of para-hydroxylation sites is 1. The third kappa shape index (κ3) is 5.37. The van der Waals surface area contributed by atoms with Crippen LogP contribution in [0.25, 0.3) is 0 Å². The number of nitro groups is 1. The lowest BCUT2D eigenvalue weighted by Crippen LogP contribution is -2.09. The van der Waals surface area contributed by atoms with Crippen LogP contribution in [-0.2, 0) is 10.7 Å². The van der Waals surface area contributed by atoms with Crippen molar-refractivity contribution in [2.24, 2.45) is 0 Å². The van der Waals surface area contributed by atoms with Crippen LogP contribution in [0.5, 0.6) is 17.2 Å². The van der Waals surface area contributed by atoms with Crippen molar-refractivity contribution in [1.29, 1.82) is 0 Å². The molecule has 0 aliphatic heterocycles. The zero-order valence-electron chi connectivity index (χ0n) is 15.8. The summed E-state index contributed by atoms with van der Waals surface area (Å²) in [4.78, 5) is 10.7. The first-order valence-electron chi connectivity index (χ1n) is 8.67. The molecule has 0 saturated carbocycles. The maximum atomic E-state index is 12.8. The van der Waals surface area contributed by atoms with Crippen LogP contribution in [0.3, 0.4) is 0 Å². The fourth-order valence-electron chi connectivity index (χ4n) is 2.63. The van der Waals surface area contributed by atoms with Crippen LogP contribution in [0.2, 0.25) is 5.02 Å². The lowest BCUT2D eigenvalue weighted by molar-refractivity contribution is -0.383. The van der Waals surface area contributed by atoms with Crippen molar-refractivity contribution >= 4 is 30.6 Å². The molecule has 162 valence electrons. The highest BCUT2D eigenvalue weighted by atomic mass is 35.5. The van der Waals surface area contributed by atoms with Crippen LogP contribution in [0.1, 0.15) is 11.1 Å². The van der Waals surface area contributed by atoms with Crippen molar-refractivity contribution in [3.8, 4) is 17.2 Å². The van der Waals surface area contributed by atoms with E-state index in [0.29, 0.717) is 11.6 Å². The summed E-state index contributed by atoms with van der Waals surface area (Å²) in [5, 5.41) is 10.9. The topological polar surface area (TPSA) is 78.7 Å². The first kappa shape index (κ1) is 22.7. The normalized spacial score (nSPS) is 12.3. The lowest BCUT2D eigenvalue weighted by atomic mass is 10.2. The Morgan fingerprint density at radius 2 is 1.71 bits per heavy atom. The minimum Gasteiger partial charge on any atom is -0.455 e. The van der Waals surface area contributed by atoms with E-state index in [-0.39, 0.29) is 27.6 Å². The molecule has 0 N–H and O–H groups in total. The van der Waals surface area contributed by atoms with Crippen molar-refractivity contribution in [2.45, 2.75) is 13.1 Å². The van der Waals surface area contributed by atoms with E-state index in [1.54, 1.807) is 30.3 Å². The van der Waals surface area contributed by atoms with Gasteiger partial charge >= 0.3 is 6.18 Å². The van der Waals surface area contributed by atoms with E-state index in [1.165, 1.54) is 13.0 Å². The Kier molecular flexibility index (Phi) is 6.57. The van der Waals surface area contributed by atoms with Crippen LogP contribution in [0, 0.1) is 17.0 Å². The maximum absolute atomic E-state index is 12.8. The third-order valence-corrected chi connectivity index (χ3v) is 5.70. The highest BCUT2D eigenvalue weighted by molar-refractivity contribution is 7.49. The molecule has 3 rings (SSSR count). The quantitative estimate of drug-likeness (QED) is 0.231. The van der Waals surface area contributed by atoms with Crippen LogP contribution < -0.4 is 14.6 Å². The lowest BCUT2D eigenvalue weighted by Gasteiger charge is -2.14. The fraction of sp³-hybridized carbons (Fsp3) is 0.100. The molecule has 0 heterocycles. The van der Waals surface area contributed by atoms with Crippen LogP contribution in [0.15, 0.2) is 60.7 Å². The van der Waals surface area contributed by atoms with Gasteiger partial charge in [0.2, 0.25) is 0 Å². The van der Waals surface area contributed by atoms with E-state index in [2.05, 4.69) is 0 Å². The van der Waals surface area contributed by atoms with Gasteiger partial charge in [0.25, 0.3) is 13.7 Å². The van der Waals surface area contributed by atoms with Gasteiger partial charge in [-0.25, -0.2) is 0 Å². The number of hydrogen-bond donors (Lipinski definition) is 0. The second-order valence-corrected chi connectivity index (χ2v) is 8.06. The molecule has 0 amide bonds. The van der Waals surface area contributed by atoms with Gasteiger partial charge in [0.15, 0.2) is 0 Å². The molecule has 0 bridgehead atoms. The van der Waals surface area contributed by atoms with Crippen LogP contribution in [-0.4, -0.2) is 4.92 Å². The van der Waals surface area contributed by atoms with Crippen LogP contribution in [0.4, 0.5) is 18.9 Å². The molecule has 3 aromatic rings. The SMILES string of the molecule is Cc1cc([N+](=O)[O-])c([PH](=O)Oc2ccccc2)cc1Oc1ccc(C(F)(F)F)cc1Cl. The number of alkyl halides is 3. The van der Waals surface area contributed by atoms with Gasteiger partial charge in [0.1, 0.15) is 22.6 Å². The highest BCUT2D eigenvalue weighted by Gasteiger charge is 2.31. The van der Waals surface area contributed by atoms with Gasteiger partial charge in [-0.05, 0) is 42.8 Å². The number of nitro benzene ring substituents is 1. The molecule has 0 radical (unpaired) electrons. The van der Waals surface area contributed by atoms with Crippen molar-refractivity contribution in [2.75, 3.05) is 0 Å². The molecule has 1 atom stereocenters. The summed E-state index contributed by atoms with van der Waals surface area (Å²) in [6.07, 6.45) is -4.58. The summed E-state index contributed by atoms with van der Waals surface area (Å²) < 4.78 is 62.1. The number of aryl methyl sites for hydroxylation is 1. The number of hydrogen-bond acceptors (Lipinski definition) is 5. The average Bonchev–Trinajstić information content (AvgIpc) is 2.70. The van der Waals surface area contributed by atoms with E-state index < -0.39 is 30.4 Å². The predicted octanol–water partition coefficient (Wildman–Crippen LogP) is 6.55. The summed E-state index contributed by atoms with van der Waals surface area (Å²) in [6, 6.07) is 13.0. The largest absolute Gasteiger partial charge is 0.455 e. The van der Waals surface area contributed by atoms with Crippen molar-refractivity contribution in [1.82, 2.24) is 0 Å². The third-order valence-electron chi connectivity index (χ3n) is 4.14. The van der Waals surface area contributed by atoms with Gasteiger partial charge in [-0.1, -0.05) is 29.8 Å². The van der Waals surface area contributed by atoms with E-state index in [0.717, 1.165) is 18.2 Å². The molecule has 11 heteroatoms. The number of benzene rings is 3. The van der Waals surface area contributed by atoms with Gasteiger partial charge in [-0.3, -0.25) is 14.7 Å². The molecule has 31 heavy (non-hydrogen) atoms. The molecule has 0 aliphatic rings. The summed E-state index contributed by atoms with van der Waals surface area (Å²) in [7, 11) is -3.11. The summed E-state index contributed by atoms with van der Waals surface area (Å²) >= 11 is 5.92. The first-order valence-corrected chi connectivity index (χ1v) is 10.4. The molecular weight excluding hydrogens is 458 g/mol. The number of rotatable bonds is 6. The number of halogens is 4. The fourth-order valence-corrected chi connectivity index (χ4v) is 3.93. The van der Waals surface area contributed by atoms with Gasteiger partial charge < -0.3 is 9.26 Å². The van der Waals surface area contributed by atoms with Gasteiger partial charge in [0.05, 0.1) is 15.5 Å². The van der Waals surface area contributed by atoms with Gasteiger partial charge in [-0.15, -0.1) is 0 Å².